The van der Waals surface area contributed by atoms with Crippen LogP contribution < -0.4 is 0 Å². The van der Waals surface area contributed by atoms with Crippen LogP contribution in [0.1, 0.15) is 36.9 Å². The molecule has 0 N–H and O–H groups in total. The highest BCUT2D eigenvalue weighted by Crippen LogP contribution is 2.17. The van der Waals surface area contributed by atoms with Crippen molar-refractivity contribution in [3.05, 3.63) is 36.2 Å². The molecule has 7 heteroatoms. The van der Waals surface area contributed by atoms with Gasteiger partial charge < -0.3 is 4.57 Å². The van der Waals surface area contributed by atoms with E-state index in [0.29, 0.717) is 5.82 Å². The van der Waals surface area contributed by atoms with E-state index in [0.717, 1.165) is 6.42 Å². The summed E-state index contributed by atoms with van der Waals surface area (Å²) < 4.78 is 1.83. The Morgan fingerprint density at radius 1 is 1.22 bits per heavy atom. The lowest BCUT2D eigenvalue weighted by atomic mass is 10.2. The van der Waals surface area contributed by atoms with E-state index >= 15 is 0 Å². The minimum Gasteiger partial charge on any atom is -0.327 e. The van der Waals surface area contributed by atoms with Gasteiger partial charge in [-0.1, -0.05) is 6.92 Å². The lowest BCUT2D eigenvalue weighted by molar-refractivity contribution is 0.530. The van der Waals surface area contributed by atoms with Crippen molar-refractivity contribution in [1.29, 1.82) is 10.5 Å². The van der Waals surface area contributed by atoms with E-state index in [-0.39, 0.29) is 17.7 Å². The van der Waals surface area contributed by atoms with Crippen molar-refractivity contribution in [2.24, 2.45) is 0 Å². The van der Waals surface area contributed by atoms with Crippen molar-refractivity contribution in [3.8, 4) is 12.1 Å². The lowest BCUT2D eigenvalue weighted by Crippen LogP contribution is -2.14. The van der Waals surface area contributed by atoms with E-state index in [2.05, 4.69) is 19.9 Å². The molecule has 0 aliphatic rings. The summed E-state index contributed by atoms with van der Waals surface area (Å²) in [4.78, 5) is 15.8. The molecule has 2 aromatic heterocycles. The lowest BCUT2D eigenvalue weighted by Gasteiger charge is -2.14. The van der Waals surface area contributed by atoms with Gasteiger partial charge in [0.15, 0.2) is 5.82 Å². The van der Waals surface area contributed by atoms with Gasteiger partial charge in [-0.2, -0.15) is 15.5 Å². The first-order valence-electron chi connectivity index (χ1n) is 5.32. The summed E-state index contributed by atoms with van der Waals surface area (Å²) in [7, 11) is 0. The standard InChI is InChI=1S/C11H9N7/c1-2-8(18-4-3-14-7-18)11-16-9(5-12)15-10(6-13)17-11/h3-4,7-8H,2H2,1H3. The number of hydrogen-bond donors (Lipinski definition) is 0. The molecule has 1 atom stereocenters. The fraction of sp³-hybridized carbons (Fsp3) is 0.273. The largest absolute Gasteiger partial charge is 0.327 e. The first kappa shape index (κ1) is 11.7. The molecule has 18 heavy (non-hydrogen) atoms. The van der Waals surface area contributed by atoms with Crippen LogP contribution in [-0.2, 0) is 0 Å². The Balaban J connectivity index is 2.50. The molecule has 0 saturated carbocycles. The summed E-state index contributed by atoms with van der Waals surface area (Å²) in [5, 5.41) is 17.7. The van der Waals surface area contributed by atoms with E-state index in [9.17, 15) is 0 Å². The third-order valence-electron chi connectivity index (χ3n) is 2.42. The summed E-state index contributed by atoms with van der Waals surface area (Å²) in [5.74, 6) is 0.309. The minimum absolute atomic E-state index is 0.0462. The second kappa shape index (κ2) is 5.02. The Kier molecular flexibility index (Phi) is 3.26. The first-order valence-corrected chi connectivity index (χ1v) is 5.32. The highest BCUT2D eigenvalue weighted by molar-refractivity contribution is 5.19. The van der Waals surface area contributed by atoms with E-state index in [4.69, 9.17) is 10.5 Å². The average molecular weight is 239 g/mol. The molecule has 0 aromatic carbocycles. The Bertz CT molecular complexity index is 586. The summed E-state index contributed by atoms with van der Waals surface area (Å²) >= 11 is 0. The SMILES string of the molecule is CCC(c1nc(C#N)nc(C#N)n1)n1ccnc1. The molecule has 0 saturated heterocycles. The molecular weight excluding hydrogens is 230 g/mol. The van der Waals surface area contributed by atoms with Gasteiger partial charge in [-0.25, -0.2) is 15.0 Å². The van der Waals surface area contributed by atoms with Gasteiger partial charge in [0.2, 0.25) is 11.6 Å². The monoisotopic (exact) mass is 239 g/mol. The zero-order chi connectivity index (χ0) is 13.0. The molecule has 0 aliphatic carbocycles. The summed E-state index contributed by atoms with van der Waals surface area (Å²) in [6.07, 6.45) is 5.81. The van der Waals surface area contributed by atoms with Crippen LogP contribution in [0.25, 0.3) is 0 Å². The van der Waals surface area contributed by atoms with Gasteiger partial charge >= 0.3 is 0 Å². The number of rotatable bonds is 3. The van der Waals surface area contributed by atoms with E-state index in [1.54, 1.807) is 18.7 Å². The summed E-state index contributed by atoms with van der Waals surface area (Å²) in [6.45, 7) is 1.96. The molecule has 7 nitrogen and oxygen atoms in total. The van der Waals surface area contributed by atoms with Crippen LogP contribution in [0.15, 0.2) is 18.7 Å². The molecule has 0 amide bonds. The molecule has 2 rings (SSSR count). The van der Waals surface area contributed by atoms with E-state index in [1.807, 2.05) is 23.6 Å². The van der Waals surface area contributed by atoms with Crippen LogP contribution in [0.4, 0.5) is 0 Å². The molecule has 0 spiro atoms. The molecule has 0 radical (unpaired) electrons. The molecule has 2 aromatic rings. The van der Waals surface area contributed by atoms with Gasteiger partial charge in [-0.05, 0) is 6.42 Å². The third kappa shape index (κ3) is 2.15. The van der Waals surface area contributed by atoms with Crippen LogP contribution in [0.5, 0.6) is 0 Å². The van der Waals surface area contributed by atoms with Crippen LogP contribution >= 0.6 is 0 Å². The summed E-state index contributed by atoms with van der Waals surface area (Å²) in [5.41, 5.74) is 0. The smallest absolute Gasteiger partial charge is 0.236 e. The number of nitrogens with zero attached hydrogens (tertiary/aromatic N) is 7. The normalized spacial score (nSPS) is 11.5. The third-order valence-corrected chi connectivity index (χ3v) is 2.42. The summed E-state index contributed by atoms with van der Waals surface area (Å²) in [6, 6.07) is 3.50. The zero-order valence-corrected chi connectivity index (χ0v) is 9.65. The Hall–Kier alpha value is -2.80. The first-order chi connectivity index (χ1) is 8.78. The number of aromatic nitrogens is 5. The highest BCUT2D eigenvalue weighted by atomic mass is 15.1. The van der Waals surface area contributed by atoms with Gasteiger partial charge in [0.1, 0.15) is 12.1 Å². The average Bonchev–Trinajstić information content (AvgIpc) is 2.93. The predicted molar refractivity (Wildman–Crippen MR) is 59.9 cm³/mol. The quantitative estimate of drug-likeness (QED) is 0.784. The van der Waals surface area contributed by atoms with Crippen LogP contribution in [0, 0.1) is 22.7 Å². The van der Waals surface area contributed by atoms with Crippen molar-refractivity contribution in [2.75, 3.05) is 0 Å². The van der Waals surface area contributed by atoms with Gasteiger partial charge in [-0.15, -0.1) is 0 Å². The van der Waals surface area contributed by atoms with Gasteiger partial charge in [-0.3, -0.25) is 0 Å². The molecular formula is C11H9N7. The molecule has 2 heterocycles. The van der Waals surface area contributed by atoms with E-state index < -0.39 is 0 Å². The Labute approximate surface area is 103 Å². The second-order valence-electron chi connectivity index (χ2n) is 3.50. The molecule has 0 fully saturated rings. The van der Waals surface area contributed by atoms with Gasteiger partial charge in [0.05, 0.1) is 12.4 Å². The van der Waals surface area contributed by atoms with Crippen molar-refractivity contribution in [1.82, 2.24) is 24.5 Å². The molecule has 0 aliphatic heterocycles. The number of nitriles is 2. The molecule has 1 unspecified atom stereocenters. The van der Waals surface area contributed by atoms with Crippen molar-refractivity contribution in [3.63, 3.8) is 0 Å². The van der Waals surface area contributed by atoms with Gasteiger partial charge in [0, 0.05) is 12.4 Å². The molecule has 88 valence electrons. The molecule has 0 bridgehead atoms. The van der Waals surface area contributed by atoms with Crippen molar-refractivity contribution < 1.29 is 0 Å². The minimum atomic E-state index is -0.158. The topological polar surface area (TPSA) is 104 Å². The maximum absolute atomic E-state index is 8.84. The maximum atomic E-state index is 8.84. The highest BCUT2D eigenvalue weighted by Gasteiger charge is 2.16. The maximum Gasteiger partial charge on any atom is 0.236 e. The number of hydrogen-bond acceptors (Lipinski definition) is 6. The van der Waals surface area contributed by atoms with Crippen LogP contribution in [0.3, 0.4) is 0 Å². The zero-order valence-electron chi connectivity index (χ0n) is 9.65. The second-order valence-corrected chi connectivity index (χ2v) is 3.50. The number of imidazole rings is 1. The van der Waals surface area contributed by atoms with Crippen molar-refractivity contribution >= 4 is 0 Å². The van der Waals surface area contributed by atoms with E-state index in [1.165, 1.54) is 0 Å². The van der Waals surface area contributed by atoms with Crippen LogP contribution in [-0.4, -0.2) is 24.5 Å². The Morgan fingerprint density at radius 2 is 1.89 bits per heavy atom. The Morgan fingerprint density at radius 3 is 2.33 bits per heavy atom. The fourth-order valence-electron chi connectivity index (χ4n) is 1.62. The van der Waals surface area contributed by atoms with Crippen LogP contribution in [0.2, 0.25) is 0 Å². The van der Waals surface area contributed by atoms with Crippen molar-refractivity contribution in [2.45, 2.75) is 19.4 Å². The van der Waals surface area contributed by atoms with Gasteiger partial charge in [0.25, 0.3) is 0 Å². The predicted octanol–water partition coefficient (Wildman–Crippen LogP) is 0.811. The fourth-order valence-corrected chi connectivity index (χ4v) is 1.62.